The highest BCUT2D eigenvalue weighted by molar-refractivity contribution is 6.46. The summed E-state index contributed by atoms with van der Waals surface area (Å²) in [4.78, 5) is 30.6. The van der Waals surface area contributed by atoms with Gasteiger partial charge in [-0.05, 0) is 61.1 Å². The molecule has 1 unspecified atom stereocenters. The van der Waals surface area contributed by atoms with Crippen LogP contribution in [-0.2, 0) is 19.7 Å². The molecule has 0 saturated carbocycles. The molecule has 2 aromatic rings. The molecule has 2 aliphatic heterocycles. The minimum atomic E-state index is -0.653. The standard InChI is InChI=1S/C31H40N2O5/c1-21(2)38-25-13-9-23(10-14-25)28(34)26-27(22-7-11-24(12-8-22)31(3,4)5)33(30(36)29(26)35)16-6-15-32-17-19-37-20-18-32/h7-14,21,27,34H,6,15-20H2,1-5H3/b28-26+. The van der Waals surface area contributed by atoms with Gasteiger partial charge in [0.1, 0.15) is 11.5 Å². The normalized spacial score (nSPS) is 20.4. The predicted octanol–water partition coefficient (Wildman–Crippen LogP) is 4.92. The van der Waals surface area contributed by atoms with Crippen LogP contribution in [0.5, 0.6) is 5.75 Å². The number of ether oxygens (including phenoxy) is 2. The number of rotatable bonds is 8. The van der Waals surface area contributed by atoms with Gasteiger partial charge in [-0.15, -0.1) is 0 Å². The molecule has 38 heavy (non-hydrogen) atoms. The molecule has 2 aliphatic rings. The van der Waals surface area contributed by atoms with Crippen molar-refractivity contribution in [2.75, 3.05) is 39.4 Å². The quantitative estimate of drug-likeness (QED) is 0.303. The molecule has 7 heteroatoms. The van der Waals surface area contributed by atoms with Crippen molar-refractivity contribution in [1.29, 1.82) is 0 Å². The van der Waals surface area contributed by atoms with Gasteiger partial charge in [0, 0.05) is 31.7 Å². The molecule has 0 aromatic heterocycles. The van der Waals surface area contributed by atoms with Gasteiger partial charge < -0.3 is 19.5 Å². The molecule has 0 aliphatic carbocycles. The van der Waals surface area contributed by atoms with E-state index in [0.717, 1.165) is 37.2 Å². The Morgan fingerprint density at radius 3 is 2.21 bits per heavy atom. The molecule has 204 valence electrons. The fourth-order valence-electron chi connectivity index (χ4n) is 5.03. The molecule has 1 atom stereocenters. The van der Waals surface area contributed by atoms with Crippen molar-refractivity contribution >= 4 is 17.4 Å². The van der Waals surface area contributed by atoms with Crippen LogP contribution in [0.15, 0.2) is 54.1 Å². The molecular weight excluding hydrogens is 480 g/mol. The molecule has 4 rings (SSSR count). The van der Waals surface area contributed by atoms with Crippen molar-refractivity contribution in [1.82, 2.24) is 9.80 Å². The summed E-state index contributed by atoms with van der Waals surface area (Å²) in [6.07, 6.45) is 0.749. The van der Waals surface area contributed by atoms with Gasteiger partial charge in [0.15, 0.2) is 0 Å². The summed E-state index contributed by atoms with van der Waals surface area (Å²) in [6.45, 7) is 14.7. The minimum absolute atomic E-state index is 0.0216. The number of morpholine rings is 1. The lowest BCUT2D eigenvalue weighted by Crippen LogP contribution is -2.39. The first-order chi connectivity index (χ1) is 18.1. The van der Waals surface area contributed by atoms with Gasteiger partial charge >= 0.3 is 0 Å². The van der Waals surface area contributed by atoms with Crippen molar-refractivity contribution in [2.24, 2.45) is 0 Å². The first-order valence-electron chi connectivity index (χ1n) is 13.5. The second kappa shape index (κ2) is 11.7. The van der Waals surface area contributed by atoms with Gasteiger partial charge in [-0.1, -0.05) is 45.0 Å². The number of benzene rings is 2. The summed E-state index contributed by atoms with van der Waals surface area (Å²) < 4.78 is 11.1. The number of aliphatic hydroxyl groups excluding tert-OH is 1. The van der Waals surface area contributed by atoms with Gasteiger partial charge in [0.2, 0.25) is 0 Å². The van der Waals surface area contributed by atoms with E-state index in [9.17, 15) is 14.7 Å². The number of ketones is 1. The van der Waals surface area contributed by atoms with Crippen LogP contribution >= 0.6 is 0 Å². The van der Waals surface area contributed by atoms with Crippen LogP contribution in [0.3, 0.4) is 0 Å². The predicted molar refractivity (Wildman–Crippen MR) is 148 cm³/mol. The summed E-state index contributed by atoms with van der Waals surface area (Å²) in [5.41, 5.74) is 2.54. The van der Waals surface area contributed by atoms with E-state index in [1.165, 1.54) is 0 Å². The van der Waals surface area contributed by atoms with E-state index in [1.807, 2.05) is 38.1 Å². The maximum absolute atomic E-state index is 13.4. The number of hydrogen-bond donors (Lipinski definition) is 1. The Kier molecular flexibility index (Phi) is 8.58. The van der Waals surface area contributed by atoms with Crippen molar-refractivity contribution in [2.45, 2.75) is 58.6 Å². The third kappa shape index (κ3) is 6.27. The van der Waals surface area contributed by atoms with Crippen molar-refractivity contribution in [3.05, 3.63) is 70.8 Å². The Hall–Kier alpha value is -3.16. The van der Waals surface area contributed by atoms with Gasteiger partial charge in [0.05, 0.1) is 30.9 Å². The number of amides is 1. The van der Waals surface area contributed by atoms with E-state index in [-0.39, 0.29) is 22.9 Å². The van der Waals surface area contributed by atoms with Crippen molar-refractivity contribution in [3.63, 3.8) is 0 Å². The summed E-state index contributed by atoms with van der Waals surface area (Å²) in [7, 11) is 0. The molecule has 0 spiro atoms. The van der Waals surface area contributed by atoms with Crippen LogP contribution in [0.4, 0.5) is 0 Å². The Morgan fingerprint density at radius 2 is 1.63 bits per heavy atom. The fourth-order valence-corrected chi connectivity index (χ4v) is 5.03. The zero-order valence-electron chi connectivity index (χ0n) is 23.2. The number of likely N-dealkylation sites (tertiary alicyclic amines) is 1. The number of aliphatic hydroxyl groups is 1. The second-order valence-electron chi connectivity index (χ2n) is 11.4. The summed E-state index contributed by atoms with van der Waals surface area (Å²) in [5, 5.41) is 11.4. The number of hydrogen-bond acceptors (Lipinski definition) is 6. The number of nitrogens with zero attached hydrogens (tertiary/aromatic N) is 2. The van der Waals surface area contributed by atoms with Gasteiger partial charge in [-0.3, -0.25) is 14.5 Å². The summed E-state index contributed by atoms with van der Waals surface area (Å²) >= 11 is 0. The van der Waals surface area contributed by atoms with Crippen molar-refractivity contribution < 1.29 is 24.2 Å². The minimum Gasteiger partial charge on any atom is -0.507 e. The molecule has 2 aromatic carbocycles. The van der Waals surface area contributed by atoms with E-state index in [0.29, 0.717) is 31.1 Å². The van der Waals surface area contributed by atoms with Crippen LogP contribution < -0.4 is 4.74 Å². The average molecular weight is 521 g/mol. The Balaban J connectivity index is 1.67. The number of carbonyl (C=O) groups excluding carboxylic acids is 2. The van der Waals surface area contributed by atoms with Crippen LogP contribution in [0, 0.1) is 0 Å². The zero-order chi connectivity index (χ0) is 27.4. The first kappa shape index (κ1) is 27.9. The van der Waals surface area contributed by atoms with Gasteiger partial charge in [-0.25, -0.2) is 0 Å². The largest absolute Gasteiger partial charge is 0.507 e. The highest BCUT2D eigenvalue weighted by Crippen LogP contribution is 2.40. The summed E-state index contributed by atoms with van der Waals surface area (Å²) in [5.74, 6) is -0.714. The lowest BCUT2D eigenvalue weighted by Gasteiger charge is -2.29. The summed E-state index contributed by atoms with van der Waals surface area (Å²) in [6, 6.07) is 14.3. The monoisotopic (exact) mass is 520 g/mol. The molecule has 7 nitrogen and oxygen atoms in total. The van der Waals surface area contributed by atoms with Crippen LogP contribution in [0.2, 0.25) is 0 Å². The van der Waals surface area contributed by atoms with E-state index in [2.05, 4.69) is 25.7 Å². The van der Waals surface area contributed by atoms with Gasteiger partial charge in [0.25, 0.3) is 11.7 Å². The number of Topliss-reactive ketones (excluding diaryl/α,β-unsaturated/α-hetero) is 1. The Morgan fingerprint density at radius 1 is 1.00 bits per heavy atom. The average Bonchev–Trinajstić information content (AvgIpc) is 3.13. The molecular formula is C31H40N2O5. The highest BCUT2D eigenvalue weighted by Gasteiger charge is 2.45. The maximum atomic E-state index is 13.4. The van der Waals surface area contributed by atoms with E-state index >= 15 is 0 Å². The fraction of sp³-hybridized carbons (Fsp3) is 0.484. The van der Waals surface area contributed by atoms with Crippen LogP contribution in [0.1, 0.15) is 63.8 Å². The SMILES string of the molecule is CC(C)Oc1ccc(/C(O)=C2\C(=O)C(=O)N(CCCN3CCOCC3)C2c2ccc(C(C)(C)C)cc2)cc1. The van der Waals surface area contributed by atoms with E-state index in [1.54, 1.807) is 29.2 Å². The molecule has 0 bridgehead atoms. The Labute approximate surface area is 226 Å². The van der Waals surface area contributed by atoms with Crippen molar-refractivity contribution in [3.8, 4) is 5.75 Å². The van der Waals surface area contributed by atoms with Crippen LogP contribution in [-0.4, -0.2) is 72.1 Å². The lowest BCUT2D eigenvalue weighted by molar-refractivity contribution is -0.140. The van der Waals surface area contributed by atoms with E-state index in [4.69, 9.17) is 9.47 Å². The molecule has 1 amide bonds. The molecule has 2 fully saturated rings. The Bertz CT molecular complexity index is 1160. The maximum Gasteiger partial charge on any atom is 0.295 e. The topological polar surface area (TPSA) is 79.3 Å². The highest BCUT2D eigenvalue weighted by atomic mass is 16.5. The lowest BCUT2D eigenvalue weighted by atomic mass is 9.85. The molecule has 2 saturated heterocycles. The first-order valence-corrected chi connectivity index (χ1v) is 13.5. The third-order valence-corrected chi connectivity index (χ3v) is 7.11. The van der Waals surface area contributed by atoms with Gasteiger partial charge in [-0.2, -0.15) is 0 Å². The smallest absolute Gasteiger partial charge is 0.295 e. The van der Waals surface area contributed by atoms with Crippen LogP contribution in [0.25, 0.3) is 5.76 Å². The van der Waals surface area contributed by atoms with E-state index < -0.39 is 17.7 Å². The third-order valence-electron chi connectivity index (χ3n) is 7.11. The second-order valence-corrected chi connectivity index (χ2v) is 11.4. The number of carbonyl (C=O) groups is 2. The molecule has 0 radical (unpaired) electrons. The molecule has 1 N–H and O–H groups in total. The molecule has 2 heterocycles. The zero-order valence-corrected chi connectivity index (χ0v) is 23.2.